The molecule has 2 heterocycles. The zero-order valence-corrected chi connectivity index (χ0v) is 13.4. The monoisotopic (exact) mass is 317 g/mol. The molecule has 0 spiro atoms. The minimum atomic E-state index is 0.184. The number of carbonyl (C=O) groups excluding carboxylic acids is 1. The number of piperidine rings is 1. The van der Waals surface area contributed by atoms with Crippen LogP contribution in [0.2, 0.25) is 5.02 Å². The van der Waals surface area contributed by atoms with Crippen molar-refractivity contribution in [3.05, 3.63) is 52.3 Å². The van der Waals surface area contributed by atoms with Crippen molar-refractivity contribution < 1.29 is 4.79 Å². The largest absolute Gasteiger partial charge is 0.342 e. The SMILES string of the molecule is Cc1cn[nH]c1[C@@H]1CCCN(C(=O)Cc2ccc(Cl)cc2)C1. The van der Waals surface area contributed by atoms with E-state index in [0.717, 1.165) is 31.5 Å². The third-order valence-electron chi connectivity index (χ3n) is 4.32. The summed E-state index contributed by atoms with van der Waals surface area (Å²) in [5.41, 5.74) is 3.36. The first-order chi connectivity index (χ1) is 10.6. The van der Waals surface area contributed by atoms with Crippen molar-refractivity contribution in [1.29, 1.82) is 0 Å². The zero-order valence-electron chi connectivity index (χ0n) is 12.7. The van der Waals surface area contributed by atoms with Crippen LogP contribution in [0.3, 0.4) is 0 Å². The van der Waals surface area contributed by atoms with E-state index in [1.54, 1.807) is 0 Å². The van der Waals surface area contributed by atoms with Crippen LogP contribution in [0.1, 0.15) is 35.6 Å². The molecular weight excluding hydrogens is 298 g/mol. The van der Waals surface area contributed by atoms with E-state index in [-0.39, 0.29) is 5.91 Å². The maximum absolute atomic E-state index is 12.5. The van der Waals surface area contributed by atoms with Crippen LogP contribution in [0.5, 0.6) is 0 Å². The normalized spacial score (nSPS) is 18.5. The number of aromatic amines is 1. The number of carbonyl (C=O) groups is 1. The molecule has 0 saturated carbocycles. The van der Waals surface area contributed by atoms with Gasteiger partial charge in [-0.15, -0.1) is 0 Å². The van der Waals surface area contributed by atoms with E-state index in [9.17, 15) is 4.79 Å². The molecule has 0 radical (unpaired) electrons. The van der Waals surface area contributed by atoms with Gasteiger partial charge in [0.25, 0.3) is 0 Å². The fourth-order valence-corrected chi connectivity index (χ4v) is 3.22. The summed E-state index contributed by atoms with van der Waals surface area (Å²) in [6.45, 7) is 3.68. The van der Waals surface area contributed by atoms with Crippen molar-refractivity contribution in [2.45, 2.75) is 32.1 Å². The summed E-state index contributed by atoms with van der Waals surface area (Å²) in [5, 5.41) is 7.89. The third-order valence-corrected chi connectivity index (χ3v) is 4.57. The van der Waals surface area contributed by atoms with Gasteiger partial charge in [-0.2, -0.15) is 5.10 Å². The molecule has 1 aliphatic heterocycles. The molecule has 1 aromatic carbocycles. The van der Waals surface area contributed by atoms with E-state index >= 15 is 0 Å². The highest BCUT2D eigenvalue weighted by atomic mass is 35.5. The number of benzene rings is 1. The number of hydrogen-bond acceptors (Lipinski definition) is 2. The molecule has 3 rings (SSSR count). The molecule has 0 bridgehead atoms. The number of H-pyrrole nitrogens is 1. The van der Waals surface area contributed by atoms with Crippen LogP contribution >= 0.6 is 11.6 Å². The summed E-state index contributed by atoms with van der Waals surface area (Å²) >= 11 is 5.88. The number of amides is 1. The predicted molar refractivity (Wildman–Crippen MR) is 87.0 cm³/mol. The van der Waals surface area contributed by atoms with Gasteiger partial charge in [-0.25, -0.2) is 0 Å². The average Bonchev–Trinajstić information content (AvgIpc) is 2.96. The Morgan fingerprint density at radius 3 is 2.86 bits per heavy atom. The number of hydrogen-bond donors (Lipinski definition) is 1. The molecule has 1 saturated heterocycles. The molecule has 0 aliphatic carbocycles. The number of aromatic nitrogens is 2. The smallest absolute Gasteiger partial charge is 0.227 e. The lowest BCUT2D eigenvalue weighted by molar-refractivity contribution is -0.131. The molecule has 22 heavy (non-hydrogen) atoms. The van der Waals surface area contributed by atoms with Gasteiger partial charge in [0.1, 0.15) is 0 Å². The molecule has 4 nitrogen and oxygen atoms in total. The van der Waals surface area contributed by atoms with E-state index in [1.165, 1.54) is 11.3 Å². The fraction of sp³-hybridized carbons (Fsp3) is 0.412. The van der Waals surface area contributed by atoms with E-state index in [1.807, 2.05) is 35.4 Å². The van der Waals surface area contributed by atoms with E-state index in [4.69, 9.17) is 11.6 Å². The second-order valence-electron chi connectivity index (χ2n) is 5.95. The molecule has 0 unspecified atom stereocenters. The number of nitrogens with one attached hydrogen (secondary N) is 1. The Morgan fingerprint density at radius 2 is 2.18 bits per heavy atom. The first kappa shape index (κ1) is 15.1. The van der Waals surface area contributed by atoms with Crippen LogP contribution in [-0.4, -0.2) is 34.1 Å². The van der Waals surface area contributed by atoms with Gasteiger partial charge in [0.15, 0.2) is 0 Å². The summed E-state index contributed by atoms with van der Waals surface area (Å²) in [6, 6.07) is 7.50. The number of aryl methyl sites for hydroxylation is 1. The molecule has 1 N–H and O–H groups in total. The van der Waals surface area contributed by atoms with Gasteiger partial charge >= 0.3 is 0 Å². The van der Waals surface area contributed by atoms with Crippen molar-refractivity contribution in [1.82, 2.24) is 15.1 Å². The van der Waals surface area contributed by atoms with Gasteiger partial charge in [-0.3, -0.25) is 9.89 Å². The van der Waals surface area contributed by atoms with Crippen molar-refractivity contribution in [3.63, 3.8) is 0 Å². The Morgan fingerprint density at radius 1 is 1.41 bits per heavy atom. The van der Waals surface area contributed by atoms with Gasteiger partial charge in [0, 0.05) is 29.7 Å². The van der Waals surface area contributed by atoms with Crippen molar-refractivity contribution >= 4 is 17.5 Å². The van der Waals surface area contributed by atoms with E-state index in [0.29, 0.717) is 17.4 Å². The Balaban J connectivity index is 1.65. The lowest BCUT2D eigenvalue weighted by atomic mass is 9.92. The standard InChI is InChI=1S/C17H20ClN3O/c1-12-10-19-20-17(12)14-3-2-8-21(11-14)16(22)9-13-4-6-15(18)7-5-13/h4-7,10,14H,2-3,8-9,11H2,1H3,(H,19,20)/t14-/m1/s1. The predicted octanol–water partition coefficient (Wildman–Crippen LogP) is 3.32. The average molecular weight is 318 g/mol. The number of nitrogens with zero attached hydrogens (tertiary/aromatic N) is 2. The Bertz CT molecular complexity index is 650. The van der Waals surface area contributed by atoms with Crippen LogP contribution in [-0.2, 0) is 11.2 Å². The van der Waals surface area contributed by atoms with E-state index in [2.05, 4.69) is 17.1 Å². The highest BCUT2D eigenvalue weighted by Crippen LogP contribution is 2.27. The molecule has 1 fully saturated rings. The summed E-state index contributed by atoms with van der Waals surface area (Å²) < 4.78 is 0. The Labute approximate surface area is 135 Å². The summed E-state index contributed by atoms with van der Waals surface area (Å²) in [5.74, 6) is 0.551. The molecule has 1 aromatic heterocycles. The van der Waals surface area contributed by atoms with Crippen LogP contribution in [0.4, 0.5) is 0 Å². The maximum atomic E-state index is 12.5. The quantitative estimate of drug-likeness (QED) is 0.944. The Hall–Kier alpha value is -1.81. The topological polar surface area (TPSA) is 49.0 Å². The van der Waals surface area contributed by atoms with Crippen LogP contribution in [0, 0.1) is 6.92 Å². The van der Waals surface area contributed by atoms with Crippen molar-refractivity contribution in [2.24, 2.45) is 0 Å². The second kappa shape index (κ2) is 6.53. The van der Waals surface area contributed by atoms with Crippen molar-refractivity contribution in [3.8, 4) is 0 Å². The molecular formula is C17H20ClN3O. The number of likely N-dealkylation sites (tertiary alicyclic amines) is 1. The first-order valence-corrected chi connectivity index (χ1v) is 8.03. The highest BCUT2D eigenvalue weighted by molar-refractivity contribution is 6.30. The lowest BCUT2D eigenvalue weighted by Gasteiger charge is -2.32. The van der Waals surface area contributed by atoms with Gasteiger partial charge < -0.3 is 4.90 Å². The Kier molecular flexibility index (Phi) is 4.48. The molecule has 1 amide bonds. The van der Waals surface area contributed by atoms with E-state index < -0.39 is 0 Å². The summed E-state index contributed by atoms with van der Waals surface area (Å²) in [6.07, 6.45) is 4.43. The van der Waals surface area contributed by atoms with Crippen LogP contribution < -0.4 is 0 Å². The molecule has 2 aromatic rings. The number of rotatable bonds is 3. The maximum Gasteiger partial charge on any atom is 0.227 e. The minimum Gasteiger partial charge on any atom is -0.342 e. The van der Waals surface area contributed by atoms with Gasteiger partial charge in [-0.1, -0.05) is 23.7 Å². The zero-order chi connectivity index (χ0) is 15.5. The lowest BCUT2D eigenvalue weighted by Crippen LogP contribution is -2.40. The first-order valence-electron chi connectivity index (χ1n) is 7.65. The highest BCUT2D eigenvalue weighted by Gasteiger charge is 2.26. The van der Waals surface area contributed by atoms with Crippen LogP contribution in [0.25, 0.3) is 0 Å². The van der Waals surface area contributed by atoms with Gasteiger partial charge in [0.05, 0.1) is 12.6 Å². The molecule has 1 atom stereocenters. The molecule has 116 valence electrons. The second-order valence-corrected chi connectivity index (χ2v) is 6.39. The summed E-state index contributed by atoms with van der Waals surface area (Å²) in [4.78, 5) is 14.5. The molecule has 5 heteroatoms. The fourth-order valence-electron chi connectivity index (χ4n) is 3.10. The molecule has 1 aliphatic rings. The van der Waals surface area contributed by atoms with Crippen molar-refractivity contribution in [2.75, 3.05) is 13.1 Å². The number of halogens is 1. The minimum absolute atomic E-state index is 0.184. The van der Waals surface area contributed by atoms with Crippen LogP contribution in [0.15, 0.2) is 30.5 Å². The third kappa shape index (κ3) is 3.33. The summed E-state index contributed by atoms with van der Waals surface area (Å²) in [7, 11) is 0. The van der Waals surface area contributed by atoms with Gasteiger partial charge in [-0.05, 0) is 43.0 Å². The van der Waals surface area contributed by atoms with Gasteiger partial charge in [0.2, 0.25) is 5.91 Å².